The Morgan fingerprint density at radius 3 is 2.89 bits per heavy atom. The third kappa shape index (κ3) is 5.56. The number of nitrogens with one attached hydrogen (secondary N) is 1. The van der Waals surface area contributed by atoms with Crippen molar-refractivity contribution in [3.05, 3.63) is 69.5 Å². The fourth-order valence-electron chi connectivity index (χ4n) is 4.24. The molecule has 1 N–H and O–H groups in total. The maximum atomic E-state index is 13.5. The van der Waals surface area contributed by atoms with Crippen molar-refractivity contribution in [1.82, 2.24) is 14.9 Å². The molecule has 0 saturated carbocycles. The second kappa shape index (κ2) is 11.1. The molecule has 1 aliphatic heterocycles. The van der Waals surface area contributed by atoms with E-state index in [1.54, 1.807) is 4.57 Å². The SMILES string of the molecule is O=C(CCCn1c(SCc2ccccc2Cl)nc2c(sc3ccccc32)c1=O)NC[C@H]1CCCO1. The molecule has 9 heteroatoms. The van der Waals surface area contributed by atoms with Gasteiger partial charge >= 0.3 is 0 Å². The van der Waals surface area contributed by atoms with Crippen LogP contribution in [0.4, 0.5) is 0 Å². The van der Waals surface area contributed by atoms with Gasteiger partial charge in [-0.1, -0.05) is 59.8 Å². The summed E-state index contributed by atoms with van der Waals surface area (Å²) in [6.45, 7) is 1.74. The van der Waals surface area contributed by atoms with E-state index >= 15 is 0 Å². The number of carbonyl (C=O) groups excluding carboxylic acids is 1. The Labute approximate surface area is 216 Å². The lowest BCUT2D eigenvalue weighted by Crippen LogP contribution is -2.32. The van der Waals surface area contributed by atoms with E-state index in [1.165, 1.54) is 23.1 Å². The summed E-state index contributed by atoms with van der Waals surface area (Å²) in [6, 6.07) is 15.7. The predicted octanol–water partition coefficient (Wildman–Crippen LogP) is 5.63. The number of thioether (sulfide) groups is 1. The Morgan fingerprint density at radius 2 is 2.06 bits per heavy atom. The molecule has 4 aromatic rings. The number of amides is 1. The van der Waals surface area contributed by atoms with Crippen LogP contribution in [0, 0.1) is 0 Å². The lowest BCUT2D eigenvalue weighted by Gasteiger charge is -2.13. The Hall–Kier alpha value is -2.39. The lowest BCUT2D eigenvalue weighted by molar-refractivity contribution is -0.121. The number of aromatic nitrogens is 2. The van der Waals surface area contributed by atoms with Crippen molar-refractivity contribution in [2.75, 3.05) is 13.2 Å². The molecular weight excluding hydrogens is 502 g/mol. The zero-order valence-electron chi connectivity index (χ0n) is 19.2. The maximum absolute atomic E-state index is 13.5. The summed E-state index contributed by atoms with van der Waals surface area (Å²) in [5, 5.41) is 5.28. The molecule has 1 saturated heterocycles. The number of hydrogen-bond acceptors (Lipinski definition) is 6. The minimum atomic E-state index is -0.0578. The number of fused-ring (bicyclic) bond motifs is 3. The largest absolute Gasteiger partial charge is 0.376 e. The van der Waals surface area contributed by atoms with Crippen molar-refractivity contribution in [3.63, 3.8) is 0 Å². The summed E-state index contributed by atoms with van der Waals surface area (Å²) in [7, 11) is 0. The average molecular weight is 528 g/mol. The second-order valence-corrected chi connectivity index (χ2v) is 11.0. The van der Waals surface area contributed by atoms with Crippen molar-refractivity contribution in [1.29, 1.82) is 0 Å². The second-order valence-electron chi connectivity index (χ2n) is 8.55. The molecule has 182 valence electrons. The first kappa shape index (κ1) is 24.3. The van der Waals surface area contributed by atoms with E-state index < -0.39 is 0 Å². The average Bonchev–Trinajstić information content (AvgIpc) is 3.52. The molecule has 35 heavy (non-hydrogen) atoms. The number of nitrogens with zero attached hydrogens (tertiary/aromatic N) is 2. The number of thiophene rings is 1. The van der Waals surface area contributed by atoms with Crippen molar-refractivity contribution >= 4 is 60.9 Å². The molecule has 1 fully saturated rings. The smallest absolute Gasteiger partial charge is 0.272 e. The number of halogens is 1. The van der Waals surface area contributed by atoms with Crippen LogP contribution >= 0.6 is 34.7 Å². The van der Waals surface area contributed by atoms with Gasteiger partial charge in [0.1, 0.15) is 4.70 Å². The van der Waals surface area contributed by atoms with E-state index in [9.17, 15) is 9.59 Å². The highest BCUT2D eigenvalue weighted by molar-refractivity contribution is 7.98. The first-order chi connectivity index (χ1) is 17.1. The van der Waals surface area contributed by atoms with E-state index in [4.69, 9.17) is 21.3 Å². The quantitative estimate of drug-likeness (QED) is 0.225. The Morgan fingerprint density at radius 1 is 1.23 bits per heavy atom. The fraction of sp³-hybridized carbons (Fsp3) is 0.346. The monoisotopic (exact) mass is 527 g/mol. The van der Waals surface area contributed by atoms with E-state index in [-0.39, 0.29) is 17.6 Å². The van der Waals surface area contributed by atoms with Crippen LogP contribution < -0.4 is 10.9 Å². The minimum absolute atomic E-state index is 0.0188. The summed E-state index contributed by atoms with van der Waals surface area (Å²) in [5.41, 5.74) is 1.67. The van der Waals surface area contributed by atoms with Gasteiger partial charge in [0.15, 0.2) is 5.16 Å². The van der Waals surface area contributed by atoms with Gasteiger partial charge in [0.05, 0.1) is 11.6 Å². The molecule has 2 aromatic carbocycles. The summed E-state index contributed by atoms with van der Waals surface area (Å²) < 4.78 is 8.97. The predicted molar refractivity (Wildman–Crippen MR) is 144 cm³/mol. The van der Waals surface area contributed by atoms with Gasteiger partial charge in [-0.15, -0.1) is 11.3 Å². The number of rotatable bonds is 9. The van der Waals surface area contributed by atoms with Crippen molar-refractivity contribution in [3.8, 4) is 0 Å². The van der Waals surface area contributed by atoms with Gasteiger partial charge in [-0.05, 0) is 37.0 Å². The molecule has 1 aliphatic rings. The maximum Gasteiger partial charge on any atom is 0.272 e. The third-order valence-electron chi connectivity index (χ3n) is 6.10. The number of ether oxygens (including phenoxy) is 1. The van der Waals surface area contributed by atoms with Gasteiger partial charge < -0.3 is 10.1 Å². The Kier molecular flexibility index (Phi) is 7.72. The first-order valence-corrected chi connectivity index (χ1v) is 13.9. The molecule has 0 radical (unpaired) electrons. The van der Waals surface area contributed by atoms with E-state index in [2.05, 4.69) is 5.32 Å². The Bertz CT molecular complexity index is 1410. The molecule has 2 aromatic heterocycles. The van der Waals surface area contributed by atoms with Crippen LogP contribution in [0.5, 0.6) is 0 Å². The molecule has 1 amide bonds. The topological polar surface area (TPSA) is 73.2 Å². The van der Waals surface area contributed by atoms with Crippen LogP contribution in [-0.4, -0.2) is 34.7 Å². The number of carbonyl (C=O) groups is 1. The zero-order valence-corrected chi connectivity index (χ0v) is 21.6. The molecule has 0 spiro atoms. The van der Waals surface area contributed by atoms with Crippen molar-refractivity contribution in [2.45, 2.75) is 49.2 Å². The van der Waals surface area contributed by atoms with E-state index in [0.717, 1.165) is 40.6 Å². The van der Waals surface area contributed by atoms with Crippen LogP contribution in [0.3, 0.4) is 0 Å². The fourth-order valence-corrected chi connectivity index (χ4v) is 6.63. The number of benzene rings is 2. The standard InChI is InChI=1S/C26H26ClN3O3S2/c27-20-10-3-1-7-17(20)16-34-26-29-23-19-9-2-4-11-21(19)35-24(23)25(32)30(26)13-5-12-22(31)28-15-18-8-6-14-33-18/h1-4,7,9-11,18H,5-6,8,12-16H2,(H,28,31)/t18-/m1/s1. The van der Waals surface area contributed by atoms with Gasteiger partial charge in [-0.3, -0.25) is 14.2 Å². The van der Waals surface area contributed by atoms with Crippen molar-refractivity contribution in [2.24, 2.45) is 0 Å². The normalized spacial score (nSPS) is 15.7. The molecular formula is C26H26ClN3O3S2. The van der Waals surface area contributed by atoms with Crippen LogP contribution in [0.2, 0.25) is 5.02 Å². The summed E-state index contributed by atoms with van der Waals surface area (Å²) in [6.07, 6.45) is 3.05. The summed E-state index contributed by atoms with van der Waals surface area (Å²) in [5.74, 6) is 0.580. The highest BCUT2D eigenvalue weighted by Crippen LogP contribution is 2.33. The summed E-state index contributed by atoms with van der Waals surface area (Å²) in [4.78, 5) is 30.8. The van der Waals surface area contributed by atoms with Crippen LogP contribution in [0.25, 0.3) is 20.3 Å². The molecule has 0 aliphatic carbocycles. The van der Waals surface area contributed by atoms with Gasteiger partial charge in [0.25, 0.3) is 5.56 Å². The van der Waals surface area contributed by atoms with E-state index in [0.29, 0.717) is 46.6 Å². The van der Waals surface area contributed by atoms with Gasteiger partial charge in [-0.25, -0.2) is 4.98 Å². The lowest BCUT2D eigenvalue weighted by atomic mass is 10.2. The van der Waals surface area contributed by atoms with Crippen LogP contribution in [0.15, 0.2) is 58.5 Å². The van der Waals surface area contributed by atoms with Crippen LogP contribution in [-0.2, 0) is 21.8 Å². The zero-order chi connectivity index (χ0) is 24.2. The highest BCUT2D eigenvalue weighted by Gasteiger charge is 2.18. The van der Waals surface area contributed by atoms with Gasteiger partial charge in [0.2, 0.25) is 5.91 Å². The van der Waals surface area contributed by atoms with Gasteiger partial charge in [-0.2, -0.15) is 0 Å². The third-order valence-corrected chi connectivity index (χ3v) is 8.64. The summed E-state index contributed by atoms with van der Waals surface area (Å²) >= 11 is 9.33. The highest BCUT2D eigenvalue weighted by atomic mass is 35.5. The van der Waals surface area contributed by atoms with Gasteiger partial charge in [0, 0.05) is 47.0 Å². The first-order valence-electron chi connectivity index (χ1n) is 11.8. The molecule has 3 heterocycles. The van der Waals surface area contributed by atoms with Crippen molar-refractivity contribution < 1.29 is 9.53 Å². The van der Waals surface area contributed by atoms with E-state index in [1.807, 2.05) is 48.5 Å². The van der Waals surface area contributed by atoms with Crippen LogP contribution in [0.1, 0.15) is 31.2 Å². The molecule has 0 bridgehead atoms. The molecule has 5 rings (SSSR count). The molecule has 6 nitrogen and oxygen atoms in total. The number of hydrogen-bond donors (Lipinski definition) is 1. The molecule has 0 unspecified atom stereocenters. The minimum Gasteiger partial charge on any atom is -0.376 e. The Balaban J connectivity index is 1.37. The molecule has 1 atom stereocenters.